The maximum absolute atomic E-state index is 11.6. The highest BCUT2D eigenvalue weighted by atomic mass is 16.5. The zero-order valence-electron chi connectivity index (χ0n) is 16.3. The number of carbonyl (C=O) groups excluding carboxylic acids is 2. The van der Waals surface area contributed by atoms with Gasteiger partial charge in [-0.25, -0.2) is 0 Å². The molecule has 8 nitrogen and oxygen atoms in total. The molecular weight excluding hydrogens is 362 g/mol. The van der Waals surface area contributed by atoms with Gasteiger partial charge >= 0.3 is 0 Å². The zero-order chi connectivity index (χ0) is 19.9. The van der Waals surface area contributed by atoms with E-state index in [1.165, 1.54) is 7.11 Å². The topological polar surface area (TPSA) is 91.3 Å². The van der Waals surface area contributed by atoms with Gasteiger partial charge in [0.1, 0.15) is 19.0 Å². The second-order valence-corrected chi connectivity index (χ2v) is 7.35. The van der Waals surface area contributed by atoms with Gasteiger partial charge in [0, 0.05) is 39.7 Å². The van der Waals surface area contributed by atoms with Crippen molar-refractivity contribution in [3.8, 4) is 5.75 Å². The summed E-state index contributed by atoms with van der Waals surface area (Å²) in [5, 5.41) is 13.0. The van der Waals surface area contributed by atoms with E-state index < -0.39 is 6.10 Å². The standard InChI is InChI=1S/C20H29N3O5/c1-27-14-19(25)21-17-12-22(13-18(17)24)11-15-4-6-16(7-5-15)28-10-9-23-8-2-3-20(23)26/h4-7,17-18,24H,2-3,8-14H2,1H3,(H,21,25)/t17-,18-/m1/s1. The van der Waals surface area contributed by atoms with Gasteiger partial charge in [0.15, 0.2) is 0 Å². The Kier molecular flexibility index (Phi) is 7.24. The number of hydrogen-bond donors (Lipinski definition) is 2. The van der Waals surface area contributed by atoms with Gasteiger partial charge in [-0.15, -0.1) is 0 Å². The third-order valence-electron chi connectivity index (χ3n) is 5.12. The van der Waals surface area contributed by atoms with Crippen molar-refractivity contribution in [2.75, 3.05) is 46.5 Å². The number of methoxy groups -OCH3 is 1. The predicted molar refractivity (Wildman–Crippen MR) is 103 cm³/mol. The van der Waals surface area contributed by atoms with Crippen LogP contribution < -0.4 is 10.1 Å². The van der Waals surface area contributed by atoms with Crippen LogP contribution in [0.5, 0.6) is 5.75 Å². The molecule has 3 rings (SSSR count). The summed E-state index contributed by atoms with van der Waals surface area (Å²) in [7, 11) is 1.47. The molecule has 2 atom stereocenters. The molecular formula is C20H29N3O5. The average Bonchev–Trinajstić information content (AvgIpc) is 3.22. The first-order valence-corrected chi connectivity index (χ1v) is 9.73. The van der Waals surface area contributed by atoms with Crippen LogP contribution in [0.2, 0.25) is 0 Å². The number of aliphatic hydroxyl groups excluding tert-OH is 1. The molecule has 0 saturated carbocycles. The summed E-state index contributed by atoms with van der Waals surface area (Å²) < 4.78 is 10.5. The highest BCUT2D eigenvalue weighted by Gasteiger charge is 2.32. The lowest BCUT2D eigenvalue weighted by Crippen LogP contribution is -2.44. The largest absolute Gasteiger partial charge is 0.492 e. The molecule has 2 fully saturated rings. The molecule has 1 aromatic rings. The Morgan fingerprint density at radius 3 is 2.75 bits per heavy atom. The highest BCUT2D eigenvalue weighted by molar-refractivity contribution is 5.78. The van der Waals surface area contributed by atoms with Crippen LogP contribution in [0.4, 0.5) is 0 Å². The number of β-amino-alcohol motifs (C(OH)–C–C–N with tert-alkyl or cyclic N) is 1. The summed E-state index contributed by atoms with van der Waals surface area (Å²) in [5.41, 5.74) is 1.11. The highest BCUT2D eigenvalue weighted by Crippen LogP contribution is 2.18. The van der Waals surface area contributed by atoms with Gasteiger partial charge in [0.2, 0.25) is 11.8 Å². The lowest BCUT2D eigenvalue weighted by Gasteiger charge is -2.17. The minimum Gasteiger partial charge on any atom is -0.492 e. The predicted octanol–water partition coefficient (Wildman–Crippen LogP) is -0.00450. The van der Waals surface area contributed by atoms with Gasteiger partial charge in [-0.1, -0.05) is 12.1 Å². The van der Waals surface area contributed by atoms with Crippen LogP contribution in [0.3, 0.4) is 0 Å². The zero-order valence-corrected chi connectivity index (χ0v) is 16.3. The molecule has 2 aliphatic heterocycles. The van der Waals surface area contributed by atoms with Crippen molar-refractivity contribution < 1.29 is 24.2 Å². The van der Waals surface area contributed by atoms with Crippen LogP contribution in [0.25, 0.3) is 0 Å². The lowest BCUT2D eigenvalue weighted by atomic mass is 10.2. The quantitative estimate of drug-likeness (QED) is 0.616. The molecule has 0 spiro atoms. The molecule has 2 heterocycles. The molecule has 28 heavy (non-hydrogen) atoms. The molecule has 8 heteroatoms. The smallest absolute Gasteiger partial charge is 0.246 e. The van der Waals surface area contributed by atoms with Crippen LogP contribution in [-0.2, 0) is 20.9 Å². The number of carbonyl (C=O) groups is 2. The first-order chi connectivity index (χ1) is 13.5. The first-order valence-electron chi connectivity index (χ1n) is 9.73. The second-order valence-electron chi connectivity index (χ2n) is 7.35. The molecule has 0 aliphatic carbocycles. The van der Waals surface area contributed by atoms with Gasteiger partial charge in [-0.2, -0.15) is 0 Å². The van der Waals surface area contributed by atoms with Crippen LogP contribution in [0.1, 0.15) is 18.4 Å². The number of nitrogens with one attached hydrogen (secondary N) is 1. The van der Waals surface area contributed by atoms with E-state index in [-0.39, 0.29) is 24.5 Å². The Morgan fingerprint density at radius 1 is 1.29 bits per heavy atom. The normalized spacial score (nSPS) is 22.6. The van der Waals surface area contributed by atoms with Gasteiger partial charge in [0.05, 0.1) is 18.7 Å². The Bertz CT molecular complexity index is 666. The van der Waals surface area contributed by atoms with Crippen molar-refractivity contribution in [3.05, 3.63) is 29.8 Å². The van der Waals surface area contributed by atoms with Gasteiger partial charge in [0.25, 0.3) is 0 Å². The average molecular weight is 391 g/mol. The van der Waals surface area contributed by atoms with Crippen molar-refractivity contribution in [2.45, 2.75) is 31.5 Å². The number of likely N-dealkylation sites (tertiary alicyclic amines) is 2. The Morgan fingerprint density at radius 2 is 2.07 bits per heavy atom. The summed E-state index contributed by atoms with van der Waals surface area (Å²) in [6, 6.07) is 7.56. The van der Waals surface area contributed by atoms with Crippen molar-refractivity contribution >= 4 is 11.8 Å². The number of aliphatic hydroxyl groups is 1. The molecule has 0 unspecified atom stereocenters. The molecule has 154 valence electrons. The van der Waals surface area contributed by atoms with Gasteiger partial charge in [-0.05, 0) is 24.1 Å². The SMILES string of the molecule is COCC(=O)N[C@@H]1CN(Cc2ccc(OCCN3CCCC3=O)cc2)C[C@H]1O. The molecule has 1 aromatic carbocycles. The molecule has 2 N–H and O–H groups in total. The van der Waals surface area contributed by atoms with E-state index in [1.807, 2.05) is 29.2 Å². The molecule has 2 saturated heterocycles. The molecule has 0 radical (unpaired) electrons. The van der Waals surface area contributed by atoms with Crippen molar-refractivity contribution in [2.24, 2.45) is 0 Å². The van der Waals surface area contributed by atoms with Crippen molar-refractivity contribution in [3.63, 3.8) is 0 Å². The fourth-order valence-corrected chi connectivity index (χ4v) is 3.68. The monoisotopic (exact) mass is 391 g/mol. The van der Waals surface area contributed by atoms with Crippen molar-refractivity contribution in [1.82, 2.24) is 15.1 Å². The fourth-order valence-electron chi connectivity index (χ4n) is 3.68. The van der Waals surface area contributed by atoms with E-state index in [2.05, 4.69) is 10.2 Å². The minimum absolute atomic E-state index is 0.00337. The summed E-state index contributed by atoms with van der Waals surface area (Å²) in [4.78, 5) is 27.2. The van der Waals surface area contributed by atoms with E-state index >= 15 is 0 Å². The third-order valence-corrected chi connectivity index (χ3v) is 5.12. The fraction of sp³-hybridized carbons (Fsp3) is 0.600. The summed E-state index contributed by atoms with van der Waals surface area (Å²) in [6.07, 6.45) is 1.00. The van der Waals surface area contributed by atoms with Crippen LogP contribution in [0.15, 0.2) is 24.3 Å². The van der Waals surface area contributed by atoms with Crippen molar-refractivity contribution in [1.29, 1.82) is 0 Å². The maximum Gasteiger partial charge on any atom is 0.246 e. The Balaban J connectivity index is 1.41. The van der Waals surface area contributed by atoms with Crippen LogP contribution in [0, 0.1) is 0 Å². The second kappa shape index (κ2) is 9.86. The minimum atomic E-state index is -0.586. The Hall–Kier alpha value is -2.16. The first kappa shape index (κ1) is 20.6. The summed E-state index contributed by atoms with van der Waals surface area (Å²) in [6.45, 7) is 3.75. The van der Waals surface area contributed by atoms with Gasteiger partial charge < -0.3 is 24.8 Å². The molecule has 2 amide bonds. The van der Waals surface area contributed by atoms with E-state index in [4.69, 9.17) is 9.47 Å². The van der Waals surface area contributed by atoms with E-state index in [0.717, 1.165) is 24.3 Å². The van der Waals surface area contributed by atoms with Crippen LogP contribution in [-0.4, -0.2) is 85.4 Å². The number of ether oxygens (including phenoxy) is 2. The summed E-state index contributed by atoms with van der Waals surface area (Å²) >= 11 is 0. The molecule has 2 aliphatic rings. The molecule has 0 bridgehead atoms. The number of hydrogen-bond acceptors (Lipinski definition) is 6. The number of rotatable bonds is 9. The number of amides is 2. The van der Waals surface area contributed by atoms with E-state index in [0.29, 0.717) is 39.2 Å². The van der Waals surface area contributed by atoms with E-state index in [9.17, 15) is 14.7 Å². The summed E-state index contributed by atoms with van der Waals surface area (Å²) in [5.74, 6) is 0.774. The number of benzene rings is 1. The number of nitrogens with zero attached hydrogens (tertiary/aromatic N) is 2. The maximum atomic E-state index is 11.6. The Labute approximate surface area is 165 Å². The third kappa shape index (κ3) is 5.67. The van der Waals surface area contributed by atoms with Gasteiger partial charge in [-0.3, -0.25) is 14.5 Å². The lowest BCUT2D eigenvalue weighted by molar-refractivity contribution is -0.128. The van der Waals surface area contributed by atoms with Crippen LogP contribution >= 0.6 is 0 Å². The molecule has 0 aromatic heterocycles. The van der Waals surface area contributed by atoms with E-state index in [1.54, 1.807) is 0 Å².